The van der Waals surface area contributed by atoms with Crippen molar-refractivity contribution in [3.63, 3.8) is 0 Å². The van der Waals surface area contributed by atoms with Crippen molar-refractivity contribution >= 4 is 22.8 Å². The number of piperazine rings is 1. The second-order valence-electron chi connectivity index (χ2n) is 6.04. The van der Waals surface area contributed by atoms with Gasteiger partial charge in [-0.05, 0) is 32.0 Å². The molecule has 0 atom stereocenters. The number of H-pyrrole nitrogens is 1. The van der Waals surface area contributed by atoms with Gasteiger partial charge < -0.3 is 10.0 Å². The molecule has 7 heteroatoms. The molecule has 23 heavy (non-hydrogen) atoms. The number of hydrogen-bond acceptors (Lipinski definition) is 5. The zero-order chi connectivity index (χ0) is 16.6. The van der Waals surface area contributed by atoms with Crippen LogP contribution in [0.1, 0.15) is 24.2 Å². The number of carboxylic acid groups (broad SMARTS) is 1. The normalized spacial score (nSPS) is 16.2. The number of benzene rings is 1. The highest BCUT2D eigenvalue weighted by molar-refractivity contribution is 5.93. The van der Waals surface area contributed by atoms with E-state index in [0.29, 0.717) is 22.9 Å². The third-order valence-electron chi connectivity index (χ3n) is 4.29. The first-order valence-corrected chi connectivity index (χ1v) is 7.72. The minimum Gasteiger partial charge on any atom is -0.478 e. The summed E-state index contributed by atoms with van der Waals surface area (Å²) < 4.78 is 0. The summed E-state index contributed by atoms with van der Waals surface area (Å²) >= 11 is 0. The molecule has 0 saturated carbocycles. The number of hydrogen-bond donors (Lipinski definition) is 2. The molecule has 1 aliphatic heterocycles. The van der Waals surface area contributed by atoms with E-state index in [2.05, 4.69) is 28.7 Å². The highest BCUT2D eigenvalue weighted by Gasteiger charge is 2.21. The van der Waals surface area contributed by atoms with Gasteiger partial charge in [-0.3, -0.25) is 14.7 Å². The number of carboxylic acids is 1. The molecule has 7 nitrogen and oxygen atoms in total. The Bertz CT molecular complexity index is 792. The second-order valence-corrected chi connectivity index (χ2v) is 6.04. The molecule has 0 amide bonds. The number of aromatic carboxylic acids is 1. The lowest BCUT2D eigenvalue weighted by Crippen LogP contribution is -2.49. The molecule has 0 bridgehead atoms. The fourth-order valence-corrected chi connectivity index (χ4v) is 2.86. The van der Waals surface area contributed by atoms with Crippen LogP contribution < -0.4 is 10.5 Å². The van der Waals surface area contributed by atoms with E-state index in [1.165, 1.54) is 18.2 Å². The van der Waals surface area contributed by atoms with Crippen molar-refractivity contribution in [3.8, 4) is 0 Å². The molecule has 1 fully saturated rings. The summed E-state index contributed by atoms with van der Waals surface area (Å²) in [5.41, 5.74) is 0.300. The second kappa shape index (κ2) is 6.00. The Morgan fingerprint density at radius 1 is 1.26 bits per heavy atom. The fourth-order valence-electron chi connectivity index (χ4n) is 2.86. The number of fused-ring (bicyclic) bond motifs is 1. The minimum absolute atomic E-state index is 0.131. The van der Waals surface area contributed by atoms with Crippen LogP contribution in [0.25, 0.3) is 10.9 Å². The van der Waals surface area contributed by atoms with E-state index >= 15 is 0 Å². The zero-order valence-electron chi connectivity index (χ0n) is 13.2. The van der Waals surface area contributed by atoms with Crippen molar-refractivity contribution in [2.75, 3.05) is 31.1 Å². The largest absolute Gasteiger partial charge is 0.478 e. The molecule has 1 aliphatic rings. The summed E-state index contributed by atoms with van der Waals surface area (Å²) in [6, 6.07) is 4.87. The van der Waals surface area contributed by atoms with Crippen LogP contribution in [-0.2, 0) is 0 Å². The van der Waals surface area contributed by atoms with Crippen LogP contribution in [0.4, 0.5) is 5.95 Å². The van der Waals surface area contributed by atoms with Crippen LogP contribution in [-0.4, -0.2) is 58.2 Å². The molecule has 0 unspecified atom stereocenters. The molecule has 0 radical (unpaired) electrons. The molecule has 2 aromatic rings. The predicted octanol–water partition coefficient (Wildman–Crippen LogP) is 1.15. The quantitative estimate of drug-likeness (QED) is 0.883. The van der Waals surface area contributed by atoms with Gasteiger partial charge in [0, 0.05) is 32.2 Å². The summed E-state index contributed by atoms with van der Waals surface area (Å²) in [4.78, 5) is 35.0. The summed E-state index contributed by atoms with van der Waals surface area (Å²) in [5.74, 6) is -0.519. The van der Waals surface area contributed by atoms with Crippen LogP contribution in [0.3, 0.4) is 0 Å². The molecule has 1 aromatic carbocycles. The van der Waals surface area contributed by atoms with Gasteiger partial charge in [0.05, 0.1) is 16.5 Å². The number of aromatic nitrogens is 2. The van der Waals surface area contributed by atoms with E-state index in [1.54, 1.807) is 0 Å². The van der Waals surface area contributed by atoms with E-state index in [4.69, 9.17) is 5.11 Å². The summed E-state index contributed by atoms with van der Waals surface area (Å²) in [5, 5.41) is 9.49. The van der Waals surface area contributed by atoms with E-state index in [0.717, 1.165) is 26.2 Å². The lowest BCUT2D eigenvalue weighted by atomic mass is 10.1. The highest BCUT2D eigenvalue weighted by Crippen LogP contribution is 2.16. The van der Waals surface area contributed by atoms with Gasteiger partial charge in [0.2, 0.25) is 5.95 Å². The monoisotopic (exact) mass is 316 g/mol. The smallest absolute Gasteiger partial charge is 0.335 e. The van der Waals surface area contributed by atoms with Gasteiger partial charge in [0.1, 0.15) is 0 Å². The Hall–Kier alpha value is -2.41. The summed E-state index contributed by atoms with van der Waals surface area (Å²) in [6.45, 7) is 7.72. The van der Waals surface area contributed by atoms with Gasteiger partial charge in [-0.2, -0.15) is 0 Å². The average molecular weight is 316 g/mol. The lowest BCUT2D eigenvalue weighted by Gasteiger charge is -2.37. The van der Waals surface area contributed by atoms with Crippen molar-refractivity contribution in [2.45, 2.75) is 19.9 Å². The molecule has 0 spiro atoms. The van der Waals surface area contributed by atoms with Crippen LogP contribution in [0.15, 0.2) is 23.0 Å². The Morgan fingerprint density at radius 3 is 2.57 bits per heavy atom. The molecule has 122 valence electrons. The number of nitrogens with one attached hydrogen (secondary N) is 1. The van der Waals surface area contributed by atoms with Crippen molar-refractivity contribution in [2.24, 2.45) is 0 Å². The maximum Gasteiger partial charge on any atom is 0.335 e. The summed E-state index contributed by atoms with van der Waals surface area (Å²) in [7, 11) is 0. The zero-order valence-corrected chi connectivity index (χ0v) is 13.2. The third kappa shape index (κ3) is 3.05. The number of carbonyl (C=O) groups is 1. The Kier molecular flexibility index (Phi) is 4.04. The Labute approximate surface area is 133 Å². The average Bonchev–Trinajstić information content (AvgIpc) is 2.54. The molecule has 3 rings (SSSR count). The molecule has 1 aromatic heterocycles. The maximum atomic E-state index is 12.2. The number of anilines is 1. The first-order valence-electron chi connectivity index (χ1n) is 7.72. The SMILES string of the molecule is CC(C)N1CCN(c2nc3cc(C(=O)O)ccc3c(=O)[nH]2)CC1. The van der Waals surface area contributed by atoms with Gasteiger partial charge in [-0.15, -0.1) is 0 Å². The van der Waals surface area contributed by atoms with Gasteiger partial charge in [0.15, 0.2) is 0 Å². The molecular formula is C16H20N4O3. The molecule has 1 saturated heterocycles. The van der Waals surface area contributed by atoms with Crippen LogP contribution >= 0.6 is 0 Å². The standard InChI is InChI=1S/C16H20N4O3/c1-10(2)19-5-7-20(8-6-19)16-17-13-9-11(15(22)23)3-4-12(13)14(21)18-16/h3-4,9-10H,5-8H2,1-2H3,(H,22,23)(H,17,18,21). The number of rotatable bonds is 3. The Balaban J connectivity index is 1.93. The minimum atomic E-state index is -1.03. The Morgan fingerprint density at radius 2 is 1.96 bits per heavy atom. The van der Waals surface area contributed by atoms with Crippen LogP contribution in [0, 0.1) is 0 Å². The van der Waals surface area contributed by atoms with E-state index in [1.807, 2.05) is 4.90 Å². The van der Waals surface area contributed by atoms with E-state index in [-0.39, 0.29) is 11.1 Å². The predicted molar refractivity (Wildman–Crippen MR) is 88.2 cm³/mol. The maximum absolute atomic E-state index is 12.2. The van der Waals surface area contributed by atoms with Crippen molar-refractivity contribution in [1.82, 2.24) is 14.9 Å². The van der Waals surface area contributed by atoms with Crippen molar-refractivity contribution in [3.05, 3.63) is 34.1 Å². The lowest BCUT2D eigenvalue weighted by molar-refractivity contribution is 0.0697. The first-order chi connectivity index (χ1) is 11.0. The van der Waals surface area contributed by atoms with Crippen molar-refractivity contribution in [1.29, 1.82) is 0 Å². The van der Waals surface area contributed by atoms with Crippen molar-refractivity contribution < 1.29 is 9.90 Å². The first kappa shape index (κ1) is 15.5. The van der Waals surface area contributed by atoms with Gasteiger partial charge in [-0.25, -0.2) is 9.78 Å². The molecule has 2 N–H and O–H groups in total. The van der Waals surface area contributed by atoms with E-state index < -0.39 is 5.97 Å². The molecule has 2 heterocycles. The summed E-state index contributed by atoms with van der Waals surface area (Å²) in [6.07, 6.45) is 0. The third-order valence-corrected chi connectivity index (χ3v) is 4.29. The van der Waals surface area contributed by atoms with Gasteiger partial charge in [-0.1, -0.05) is 0 Å². The fraction of sp³-hybridized carbons (Fsp3) is 0.438. The topological polar surface area (TPSA) is 89.5 Å². The van der Waals surface area contributed by atoms with Crippen LogP contribution in [0.2, 0.25) is 0 Å². The number of aromatic amines is 1. The van der Waals surface area contributed by atoms with Crippen LogP contribution in [0.5, 0.6) is 0 Å². The van der Waals surface area contributed by atoms with E-state index in [9.17, 15) is 9.59 Å². The van der Waals surface area contributed by atoms with Gasteiger partial charge in [0.25, 0.3) is 5.56 Å². The molecule has 0 aliphatic carbocycles. The van der Waals surface area contributed by atoms with Gasteiger partial charge >= 0.3 is 5.97 Å². The highest BCUT2D eigenvalue weighted by atomic mass is 16.4. The number of nitrogens with zero attached hydrogens (tertiary/aromatic N) is 3. The molecular weight excluding hydrogens is 296 g/mol.